The second-order valence-corrected chi connectivity index (χ2v) is 1.95. The van der Waals surface area contributed by atoms with E-state index in [1.54, 1.807) is 18.3 Å². The van der Waals surface area contributed by atoms with Crippen LogP contribution < -0.4 is 5.56 Å². The monoisotopic (exact) mass is 146 g/mol. The van der Waals surface area contributed by atoms with E-state index in [2.05, 4.69) is 4.98 Å². The summed E-state index contributed by atoms with van der Waals surface area (Å²) in [5.41, 5.74) is 0.672. The van der Waals surface area contributed by atoms with Crippen LogP contribution in [0.3, 0.4) is 0 Å². The summed E-state index contributed by atoms with van der Waals surface area (Å²) >= 11 is 0. The van der Waals surface area contributed by atoms with Crippen LogP contribution in [-0.2, 0) is 0 Å². The molecule has 0 bridgehead atoms. The maximum atomic E-state index is 10.6. The van der Waals surface area contributed by atoms with Crippen LogP contribution in [0.15, 0.2) is 29.2 Å². The van der Waals surface area contributed by atoms with Gasteiger partial charge in [-0.3, -0.25) is 4.79 Å². The molecule has 1 aromatic rings. The Morgan fingerprint density at radius 3 is 2.91 bits per heavy atom. The van der Waals surface area contributed by atoms with Gasteiger partial charge in [-0.2, -0.15) is 5.26 Å². The SMILES string of the molecule is N#CC=Cc1ccc(=O)[nH]c1. The zero-order chi connectivity index (χ0) is 8.10. The third-order valence-electron chi connectivity index (χ3n) is 1.16. The van der Waals surface area contributed by atoms with Crippen LogP contribution in [0.4, 0.5) is 0 Å². The number of pyridine rings is 1. The lowest BCUT2D eigenvalue weighted by Gasteiger charge is -1.87. The molecule has 54 valence electrons. The summed E-state index contributed by atoms with van der Waals surface area (Å²) in [6, 6.07) is 4.92. The van der Waals surface area contributed by atoms with Gasteiger partial charge in [-0.15, -0.1) is 0 Å². The number of hydrogen-bond acceptors (Lipinski definition) is 2. The highest BCUT2D eigenvalue weighted by Gasteiger charge is 1.83. The number of H-pyrrole nitrogens is 1. The molecule has 0 atom stereocenters. The molecule has 0 spiro atoms. The van der Waals surface area contributed by atoms with Crippen molar-refractivity contribution in [3.8, 4) is 6.07 Å². The first-order valence-corrected chi connectivity index (χ1v) is 3.08. The zero-order valence-corrected chi connectivity index (χ0v) is 5.74. The van der Waals surface area contributed by atoms with Crippen molar-refractivity contribution in [3.05, 3.63) is 40.3 Å². The summed E-state index contributed by atoms with van der Waals surface area (Å²) < 4.78 is 0. The van der Waals surface area contributed by atoms with Gasteiger partial charge in [0.25, 0.3) is 0 Å². The molecule has 0 aromatic carbocycles. The number of nitrogens with zero attached hydrogens (tertiary/aromatic N) is 1. The molecule has 0 amide bonds. The summed E-state index contributed by atoms with van der Waals surface area (Å²) in [5.74, 6) is 0. The standard InChI is InChI=1S/C8H6N2O/c9-5-1-2-7-3-4-8(11)10-6-7/h1-4,6H,(H,10,11). The molecule has 0 aliphatic heterocycles. The van der Waals surface area contributed by atoms with Gasteiger partial charge >= 0.3 is 0 Å². The van der Waals surface area contributed by atoms with Gasteiger partial charge in [0.1, 0.15) is 0 Å². The number of nitrogens with one attached hydrogen (secondary N) is 1. The zero-order valence-electron chi connectivity index (χ0n) is 5.74. The molecule has 0 aliphatic rings. The van der Waals surface area contributed by atoms with E-state index in [-0.39, 0.29) is 5.56 Å². The molecule has 0 saturated carbocycles. The highest BCUT2D eigenvalue weighted by Crippen LogP contribution is 1.94. The van der Waals surface area contributed by atoms with Gasteiger partial charge in [-0.25, -0.2) is 0 Å². The predicted octanol–water partition coefficient (Wildman–Crippen LogP) is 0.912. The minimum Gasteiger partial charge on any atom is -0.329 e. The van der Waals surface area contributed by atoms with Gasteiger partial charge < -0.3 is 4.98 Å². The van der Waals surface area contributed by atoms with Crippen molar-refractivity contribution in [2.24, 2.45) is 0 Å². The average Bonchev–Trinajstić information content (AvgIpc) is 2.04. The molecule has 1 heterocycles. The summed E-state index contributed by atoms with van der Waals surface area (Å²) in [7, 11) is 0. The van der Waals surface area contributed by atoms with Crippen LogP contribution in [0.25, 0.3) is 6.08 Å². The normalized spacial score (nSPS) is 9.73. The van der Waals surface area contributed by atoms with Crippen LogP contribution in [0.5, 0.6) is 0 Å². The van der Waals surface area contributed by atoms with Gasteiger partial charge in [0, 0.05) is 18.3 Å². The minimum absolute atomic E-state index is 0.140. The molecule has 0 unspecified atom stereocenters. The van der Waals surface area contributed by atoms with Crippen LogP contribution >= 0.6 is 0 Å². The highest BCUT2D eigenvalue weighted by molar-refractivity contribution is 5.49. The van der Waals surface area contributed by atoms with Crippen molar-refractivity contribution in [1.29, 1.82) is 5.26 Å². The Kier molecular flexibility index (Phi) is 2.24. The van der Waals surface area contributed by atoms with Crippen molar-refractivity contribution in [2.45, 2.75) is 0 Å². The third kappa shape index (κ3) is 2.11. The van der Waals surface area contributed by atoms with Crippen LogP contribution in [-0.4, -0.2) is 4.98 Å². The van der Waals surface area contributed by atoms with Crippen molar-refractivity contribution in [1.82, 2.24) is 4.98 Å². The van der Waals surface area contributed by atoms with E-state index in [4.69, 9.17) is 5.26 Å². The van der Waals surface area contributed by atoms with E-state index in [1.807, 2.05) is 6.07 Å². The lowest BCUT2D eigenvalue weighted by molar-refractivity contribution is 1.23. The molecule has 0 aliphatic carbocycles. The Balaban J connectivity index is 2.92. The number of aromatic nitrogens is 1. The number of aromatic amines is 1. The fourth-order valence-corrected chi connectivity index (χ4v) is 0.660. The Morgan fingerprint density at radius 2 is 2.36 bits per heavy atom. The molecule has 1 aromatic heterocycles. The van der Waals surface area contributed by atoms with Crippen molar-refractivity contribution < 1.29 is 0 Å². The van der Waals surface area contributed by atoms with Gasteiger partial charge in [0.2, 0.25) is 5.56 Å². The van der Waals surface area contributed by atoms with E-state index in [9.17, 15) is 4.79 Å². The Bertz CT molecular complexity index is 337. The van der Waals surface area contributed by atoms with Gasteiger partial charge in [-0.05, 0) is 17.7 Å². The molecule has 1 N–H and O–H groups in total. The number of nitriles is 1. The second-order valence-electron chi connectivity index (χ2n) is 1.95. The highest BCUT2D eigenvalue weighted by atomic mass is 16.1. The maximum absolute atomic E-state index is 10.6. The predicted molar refractivity (Wildman–Crippen MR) is 41.7 cm³/mol. The molecule has 11 heavy (non-hydrogen) atoms. The molecule has 3 heteroatoms. The number of rotatable bonds is 1. The van der Waals surface area contributed by atoms with E-state index in [0.717, 1.165) is 5.56 Å². The lowest BCUT2D eigenvalue weighted by atomic mass is 10.3. The summed E-state index contributed by atoms with van der Waals surface area (Å²) in [5, 5.41) is 8.17. The van der Waals surface area contributed by atoms with Crippen molar-refractivity contribution >= 4 is 6.08 Å². The smallest absolute Gasteiger partial charge is 0.247 e. The summed E-state index contributed by atoms with van der Waals surface area (Å²) in [4.78, 5) is 13.0. The van der Waals surface area contributed by atoms with Gasteiger partial charge in [0.15, 0.2) is 0 Å². The molecular formula is C8H6N2O. The van der Waals surface area contributed by atoms with E-state index in [0.29, 0.717) is 0 Å². The van der Waals surface area contributed by atoms with E-state index >= 15 is 0 Å². The van der Waals surface area contributed by atoms with Gasteiger partial charge in [0.05, 0.1) is 6.07 Å². The van der Waals surface area contributed by atoms with Crippen LogP contribution in [0.2, 0.25) is 0 Å². The van der Waals surface area contributed by atoms with E-state index in [1.165, 1.54) is 12.1 Å². The van der Waals surface area contributed by atoms with Crippen LogP contribution in [0, 0.1) is 11.3 Å². The quantitative estimate of drug-likeness (QED) is 0.598. The second kappa shape index (κ2) is 3.37. The lowest BCUT2D eigenvalue weighted by Crippen LogP contribution is -2.00. The van der Waals surface area contributed by atoms with Crippen molar-refractivity contribution in [2.75, 3.05) is 0 Å². The first-order valence-electron chi connectivity index (χ1n) is 3.08. The number of allylic oxidation sites excluding steroid dienone is 1. The summed E-state index contributed by atoms with van der Waals surface area (Å²) in [6.07, 6.45) is 4.53. The first-order chi connectivity index (χ1) is 5.33. The fraction of sp³-hybridized carbons (Fsp3) is 0. The minimum atomic E-state index is -0.140. The molecule has 0 saturated heterocycles. The Hall–Kier alpha value is -1.82. The first kappa shape index (κ1) is 7.29. The molecule has 3 nitrogen and oxygen atoms in total. The third-order valence-corrected chi connectivity index (χ3v) is 1.16. The molecule has 1 rings (SSSR count). The Labute approximate surface area is 63.6 Å². The number of hydrogen-bond donors (Lipinski definition) is 1. The molecule has 0 fully saturated rings. The van der Waals surface area contributed by atoms with Gasteiger partial charge in [-0.1, -0.05) is 0 Å². The maximum Gasteiger partial charge on any atom is 0.247 e. The molecular weight excluding hydrogens is 140 g/mol. The van der Waals surface area contributed by atoms with Crippen LogP contribution in [0.1, 0.15) is 5.56 Å². The summed E-state index contributed by atoms with van der Waals surface area (Å²) in [6.45, 7) is 0. The van der Waals surface area contributed by atoms with Crippen molar-refractivity contribution in [3.63, 3.8) is 0 Å². The largest absolute Gasteiger partial charge is 0.329 e. The van der Waals surface area contributed by atoms with E-state index < -0.39 is 0 Å². The fourth-order valence-electron chi connectivity index (χ4n) is 0.660. The molecule has 0 radical (unpaired) electrons. The topological polar surface area (TPSA) is 56.6 Å². The Morgan fingerprint density at radius 1 is 1.55 bits per heavy atom. The average molecular weight is 146 g/mol.